The molecule has 0 spiro atoms. The molecule has 0 radical (unpaired) electrons. The fraction of sp³-hybridized carbons (Fsp3) is 0.786. The van der Waals surface area contributed by atoms with E-state index in [2.05, 4.69) is 17.1 Å². The number of hydrogen-bond donors (Lipinski definition) is 0. The summed E-state index contributed by atoms with van der Waals surface area (Å²) < 4.78 is 11.0. The number of ketones is 1. The van der Waals surface area contributed by atoms with Gasteiger partial charge in [0.25, 0.3) is 0 Å². The average molecular weight is 266 g/mol. The molecular formula is C14H22N2O3. The molecule has 1 heterocycles. The Bertz CT molecular complexity index is 457. The molecule has 2 rings (SSSR count). The van der Waals surface area contributed by atoms with Crippen LogP contribution in [0.2, 0.25) is 0 Å². The van der Waals surface area contributed by atoms with Gasteiger partial charge in [-0.3, -0.25) is 4.79 Å². The van der Waals surface area contributed by atoms with Crippen LogP contribution in [-0.2, 0) is 15.1 Å². The molecule has 0 saturated heterocycles. The molecular weight excluding hydrogens is 244 g/mol. The van der Waals surface area contributed by atoms with E-state index in [4.69, 9.17) is 9.26 Å². The second-order valence-electron chi connectivity index (χ2n) is 5.69. The highest BCUT2D eigenvalue weighted by Crippen LogP contribution is 2.41. The maximum absolute atomic E-state index is 11.4. The highest BCUT2D eigenvalue weighted by atomic mass is 16.5. The molecule has 3 unspecified atom stereocenters. The van der Waals surface area contributed by atoms with E-state index in [0.717, 1.165) is 19.3 Å². The first kappa shape index (κ1) is 14.2. The van der Waals surface area contributed by atoms with E-state index in [9.17, 15) is 4.79 Å². The van der Waals surface area contributed by atoms with Crippen molar-refractivity contribution >= 4 is 5.78 Å². The van der Waals surface area contributed by atoms with Gasteiger partial charge in [0, 0.05) is 7.11 Å². The molecule has 1 aromatic heterocycles. The van der Waals surface area contributed by atoms with E-state index < -0.39 is 5.60 Å². The first-order chi connectivity index (χ1) is 8.98. The van der Waals surface area contributed by atoms with E-state index in [1.807, 2.05) is 0 Å². The van der Waals surface area contributed by atoms with Gasteiger partial charge >= 0.3 is 0 Å². The Morgan fingerprint density at radius 3 is 2.89 bits per heavy atom. The van der Waals surface area contributed by atoms with Gasteiger partial charge in [-0.1, -0.05) is 18.5 Å². The van der Waals surface area contributed by atoms with Gasteiger partial charge < -0.3 is 9.26 Å². The van der Waals surface area contributed by atoms with Gasteiger partial charge in [0.2, 0.25) is 11.7 Å². The number of aromatic nitrogens is 2. The predicted octanol–water partition coefficient (Wildman–Crippen LogP) is 2.81. The van der Waals surface area contributed by atoms with Crippen molar-refractivity contribution in [3.63, 3.8) is 0 Å². The zero-order valence-corrected chi connectivity index (χ0v) is 12.1. The third-order valence-electron chi connectivity index (χ3n) is 4.18. The number of rotatable bonds is 4. The quantitative estimate of drug-likeness (QED) is 0.838. The molecule has 3 atom stereocenters. The third kappa shape index (κ3) is 2.71. The second-order valence-corrected chi connectivity index (χ2v) is 5.69. The molecule has 1 saturated carbocycles. The molecule has 0 aromatic carbocycles. The van der Waals surface area contributed by atoms with Gasteiger partial charge in [0.1, 0.15) is 11.4 Å². The number of Topliss-reactive ketones (excluding diaryl/α,β-unsaturated/α-hetero) is 1. The third-order valence-corrected chi connectivity index (χ3v) is 4.18. The summed E-state index contributed by atoms with van der Waals surface area (Å²) in [4.78, 5) is 15.8. The summed E-state index contributed by atoms with van der Waals surface area (Å²) in [5, 5.41) is 4.06. The summed E-state index contributed by atoms with van der Waals surface area (Å²) in [6, 6.07) is 0. The van der Waals surface area contributed by atoms with Crippen molar-refractivity contribution in [2.24, 2.45) is 5.92 Å². The number of carbonyl (C=O) groups is 1. The number of ether oxygens (including phenoxy) is 1. The zero-order chi connectivity index (χ0) is 14.0. The van der Waals surface area contributed by atoms with Crippen LogP contribution < -0.4 is 0 Å². The lowest BCUT2D eigenvalue weighted by Gasteiger charge is -2.36. The molecule has 1 aliphatic carbocycles. The Balaban J connectivity index is 2.27. The zero-order valence-electron chi connectivity index (χ0n) is 12.1. The van der Waals surface area contributed by atoms with E-state index in [-0.39, 0.29) is 11.7 Å². The van der Waals surface area contributed by atoms with Gasteiger partial charge in [-0.05, 0) is 39.0 Å². The smallest absolute Gasteiger partial charge is 0.237 e. The SMILES string of the molecule is COC1(c2noc(C(C)C(C)=O)n2)CCCC(C)C1. The minimum atomic E-state index is -0.448. The monoisotopic (exact) mass is 266 g/mol. The largest absolute Gasteiger partial charge is 0.370 e. The minimum absolute atomic E-state index is 0.0266. The molecule has 0 bridgehead atoms. The standard InChI is InChI=1S/C14H22N2O3/c1-9-6-5-7-14(8-9,18-4)13-15-12(19-16-13)10(2)11(3)17/h9-10H,5-8H2,1-4H3. The fourth-order valence-electron chi connectivity index (χ4n) is 2.75. The lowest BCUT2D eigenvalue weighted by atomic mass is 9.78. The van der Waals surface area contributed by atoms with Crippen LogP contribution in [0.4, 0.5) is 0 Å². The molecule has 1 aromatic rings. The van der Waals surface area contributed by atoms with E-state index in [1.165, 1.54) is 13.3 Å². The second kappa shape index (κ2) is 5.41. The summed E-state index contributed by atoms with van der Waals surface area (Å²) in [5.41, 5.74) is -0.448. The summed E-state index contributed by atoms with van der Waals surface area (Å²) in [6.07, 6.45) is 4.11. The molecule has 0 aliphatic heterocycles. The van der Waals surface area contributed by atoms with Crippen LogP contribution in [0.25, 0.3) is 0 Å². The van der Waals surface area contributed by atoms with Crippen LogP contribution in [-0.4, -0.2) is 23.0 Å². The maximum atomic E-state index is 11.4. The number of carbonyl (C=O) groups excluding carboxylic acids is 1. The molecule has 0 amide bonds. The van der Waals surface area contributed by atoms with Crippen LogP contribution in [0.15, 0.2) is 4.52 Å². The Morgan fingerprint density at radius 1 is 1.58 bits per heavy atom. The van der Waals surface area contributed by atoms with Gasteiger partial charge in [-0.15, -0.1) is 0 Å². The molecule has 19 heavy (non-hydrogen) atoms. The van der Waals surface area contributed by atoms with Crippen LogP contribution in [0, 0.1) is 5.92 Å². The summed E-state index contributed by atoms with van der Waals surface area (Å²) in [7, 11) is 1.70. The van der Waals surface area contributed by atoms with Crippen molar-refractivity contribution in [1.82, 2.24) is 10.1 Å². The van der Waals surface area contributed by atoms with Crippen LogP contribution in [0.1, 0.15) is 64.1 Å². The number of hydrogen-bond acceptors (Lipinski definition) is 5. The maximum Gasteiger partial charge on any atom is 0.237 e. The molecule has 1 fully saturated rings. The average Bonchev–Trinajstić information content (AvgIpc) is 2.87. The Labute approximate surface area is 113 Å². The van der Waals surface area contributed by atoms with Gasteiger partial charge in [0.05, 0.1) is 5.92 Å². The summed E-state index contributed by atoms with van der Waals surface area (Å²) in [5.74, 6) is 1.23. The molecule has 5 nitrogen and oxygen atoms in total. The number of nitrogens with zero attached hydrogens (tertiary/aromatic N) is 2. The van der Waals surface area contributed by atoms with Gasteiger partial charge in [-0.2, -0.15) is 4.98 Å². The lowest BCUT2D eigenvalue weighted by molar-refractivity contribution is -0.118. The van der Waals surface area contributed by atoms with Gasteiger partial charge in [-0.25, -0.2) is 0 Å². The fourth-order valence-corrected chi connectivity index (χ4v) is 2.75. The van der Waals surface area contributed by atoms with Crippen molar-refractivity contribution in [1.29, 1.82) is 0 Å². The van der Waals surface area contributed by atoms with Crippen molar-refractivity contribution < 1.29 is 14.1 Å². The highest BCUT2D eigenvalue weighted by Gasteiger charge is 2.41. The molecule has 106 valence electrons. The minimum Gasteiger partial charge on any atom is -0.370 e. The molecule has 0 N–H and O–H groups in total. The van der Waals surface area contributed by atoms with Gasteiger partial charge in [0.15, 0.2) is 0 Å². The van der Waals surface area contributed by atoms with Crippen LogP contribution in [0.5, 0.6) is 0 Å². The lowest BCUT2D eigenvalue weighted by Crippen LogP contribution is -2.35. The van der Waals surface area contributed by atoms with E-state index in [1.54, 1.807) is 14.0 Å². The predicted molar refractivity (Wildman–Crippen MR) is 69.7 cm³/mol. The Morgan fingerprint density at radius 2 is 2.32 bits per heavy atom. The molecule has 5 heteroatoms. The topological polar surface area (TPSA) is 65.2 Å². The van der Waals surface area contributed by atoms with Crippen molar-refractivity contribution in [3.05, 3.63) is 11.7 Å². The summed E-state index contributed by atoms with van der Waals surface area (Å²) in [6.45, 7) is 5.53. The van der Waals surface area contributed by atoms with Crippen molar-refractivity contribution in [3.8, 4) is 0 Å². The molecule has 1 aliphatic rings. The highest BCUT2D eigenvalue weighted by molar-refractivity contribution is 5.81. The van der Waals surface area contributed by atoms with E-state index in [0.29, 0.717) is 17.6 Å². The number of methoxy groups -OCH3 is 1. The first-order valence-corrected chi connectivity index (χ1v) is 6.88. The van der Waals surface area contributed by atoms with Crippen molar-refractivity contribution in [2.75, 3.05) is 7.11 Å². The first-order valence-electron chi connectivity index (χ1n) is 6.88. The Hall–Kier alpha value is -1.23. The summed E-state index contributed by atoms with van der Waals surface area (Å²) >= 11 is 0. The normalized spacial score (nSPS) is 29.2. The van der Waals surface area contributed by atoms with Crippen molar-refractivity contribution in [2.45, 2.75) is 58.0 Å². The van der Waals surface area contributed by atoms with E-state index >= 15 is 0 Å². The Kier molecular flexibility index (Phi) is 4.04. The van der Waals surface area contributed by atoms with Crippen LogP contribution in [0.3, 0.4) is 0 Å². The van der Waals surface area contributed by atoms with Crippen LogP contribution >= 0.6 is 0 Å².